The van der Waals surface area contributed by atoms with Crippen LogP contribution >= 0.6 is 0 Å². The first-order valence-electron chi connectivity index (χ1n) is 12.2. The molecule has 38 heavy (non-hydrogen) atoms. The zero-order valence-electron chi connectivity index (χ0n) is 22.0. The van der Waals surface area contributed by atoms with Crippen LogP contribution in [0.25, 0.3) is 5.76 Å². The second-order valence-corrected chi connectivity index (χ2v) is 9.11. The molecular weight excluding hydrogens is 484 g/mol. The number of benzene rings is 3. The van der Waals surface area contributed by atoms with Crippen molar-refractivity contribution < 1.29 is 29.0 Å². The summed E-state index contributed by atoms with van der Waals surface area (Å²) in [4.78, 5) is 42.3. The van der Waals surface area contributed by atoms with Crippen molar-refractivity contribution in [2.45, 2.75) is 19.9 Å². The van der Waals surface area contributed by atoms with E-state index in [4.69, 9.17) is 9.47 Å². The van der Waals surface area contributed by atoms with Crippen molar-refractivity contribution in [2.75, 3.05) is 37.6 Å². The lowest BCUT2D eigenvalue weighted by atomic mass is 9.94. The van der Waals surface area contributed by atoms with E-state index in [1.807, 2.05) is 57.1 Å². The summed E-state index contributed by atoms with van der Waals surface area (Å²) in [6.07, 6.45) is 0. The van der Waals surface area contributed by atoms with Gasteiger partial charge in [0.25, 0.3) is 11.7 Å². The number of methoxy groups -OCH3 is 1. The van der Waals surface area contributed by atoms with Crippen molar-refractivity contribution in [3.63, 3.8) is 0 Å². The van der Waals surface area contributed by atoms with Gasteiger partial charge in [-0.15, -0.1) is 0 Å². The molecule has 0 aromatic heterocycles. The molecule has 8 nitrogen and oxygen atoms in total. The van der Waals surface area contributed by atoms with Crippen molar-refractivity contribution in [3.8, 4) is 5.75 Å². The minimum absolute atomic E-state index is 0.0420. The highest BCUT2D eigenvalue weighted by atomic mass is 16.5. The van der Waals surface area contributed by atoms with E-state index in [0.717, 1.165) is 11.3 Å². The number of esters is 1. The predicted octanol–water partition coefficient (Wildman–Crippen LogP) is 4.87. The molecule has 1 aliphatic rings. The number of rotatable bonds is 7. The summed E-state index contributed by atoms with van der Waals surface area (Å²) >= 11 is 0. The quantitative estimate of drug-likeness (QED) is 0.208. The zero-order valence-corrected chi connectivity index (χ0v) is 22.0. The van der Waals surface area contributed by atoms with E-state index in [1.54, 1.807) is 36.4 Å². The van der Waals surface area contributed by atoms with Gasteiger partial charge in [-0.3, -0.25) is 14.5 Å². The monoisotopic (exact) mass is 514 g/mol. The van der Waals surface area contributed by atoms with Crippen LogP contribution in [0.4, 0.5) is 11.4 Å². The zero-order chi connectivity index (χ0) is 27.6. The minimum atomic E-state index is -0.925. The fourth-order valence-corrected chi connectivity index (χ4v) is 4.54. The Kier molecular flexibility index (Phi) is 7.52. The van der Waals surface area contributed by atoms with Crippen molar-refractivity contribution in [1.29, 1.82) is 0 Å². The number of aliphatic hydroxyl groups is 1. The number of carbonyl (C=O) groups excluding carboxylic acids is 3. The van der Waals surface area contributed by atoms with Gasteiger partial charge in [0.1, 0.15) is 11.5 Å². The van der Waals surface area contributed by atoms with E-state index in [1.165, 1.54) is 18.1 Å². The van der Waals surface area contributed by atoms with E-state index >= 15 is 0 Å². The largest absolute Gasteiger partial charge is 0.507 e. The number of hydrogen-bond acceptors (Lipinski definition) is 7. The van der Waals surface area contributed by atoms with Crippen LogP contribution in [-0.2, 0) is 14.3 Å². The lowest BCUT2D eigenvalue weighted by molar-refractivity contribution is -0.132. The Hall–Kier alpha value is -4.59. The van der Waals surface area contributed by atoms with Crippen molar-refractivity contribution in [3.05, 3.63) is 94.6 Å². The highest BCUT2D eigenvalue weighted by molar-refractivity contribution is 6.51. The normalized spacial score (nSPS) is 16.4. The average Bonchev–Trinajstić information content (AvgIpc) is 3.19. The second-order valence-electron chi connectivity index (χ2n) is 9.11. The molecule has 1 unspecified atom stereocenters. The Labute approximate surface area is 221 Å². The van der Waals surface area contributed by atoms with Crippen LogP contribution in [0, 0.1) is 6.92 Å². The number of ketones is 1. The maximum absolute atomic E-state index is 13.5. The lowest BCUT2D eigenvalue weighted by Gasteiger charge is -2.26. The number of nitrogens with zero attached hydrogens (tertiary/aromatic N) is 2. The van der Waals surface area contributed by atoms with Crippen LogP contribution in [0.15, 0.2) is 72.3 Å². The molecule has 0 radical (unpaired) electrons. The summed E-state index contributed by atoms with van der Waals surface area (Å²) < 4.78 is 10.4. The number of carbonyl (C=O) groups is 3. The molecule has 0 aliphatic carbocycles. The first kappa shape index (κ1) is 26.5. The van der Waals surface area contributed by atoms with E-state index < -0.39 is 23.7 Å². The molecule has 1 saturated heterocycles. The maximum atomic E-state index is 13.5. The summed E-state index contributed by atoms with van der Waals surface area (Å²) in [5.74, 6) is -1.82. The van der Waals surface area contributed by atoms with Crippen LogP contribution in [0.3, 0.4) is 0 Å². The summed E-state index contributed by atoms with van der Waals surface area (Å²) in [5.41, 5.74) is 3.25. The molecule has 3 aromatic carbocycles. The first-order valence-corrected chi connectivity index (χ1v) is 12.2. The summed E-state index contributed by atoms with van der Waals surface area (Å²) in [6, 6.07) is 17.9. The molecule has 1 N–H and O–H groups in total. The molecule has 0 bridgehead atoms. The third kappa shape index (κ3) is 4.85. The fourth-order valence-electron chi connectivity index (χ4n) is 4.54. The third-order valence-electron chi connectivity index (χ3n) is 6.46. The maximum Gasteiger partial charge on any atom is 0.337 e. The van der Waals surface area contributed by atoms with Crippen LogP contribution in [0.1, 0.15) is 40.0 Å². The van der Waals surface area contributed by atoms with Crippen LogP contribution in [-0.4, -0.2) is 50.6 Å². The smallest absolute Gasteiger partial charge is 0.337 e. The van der Waals surface area contributed by atoms with E-state index in [9.17, 15) is 19.5 Å². The molecular formula is C30H30N2O6. The van der Waals surface area contributed by atoms with Gasteiger partial charge >= 0.3 is 5.97 Å². The number of aliphatic hydroxyl groups excluding tert-OH is 1. The van der Waals surface area contributed by atoms with Gasteiger partial charge < -0.3 is 19.5 Å². The van der Waals surface area contributed by atoms with Crippen molar-refractivity contribution >= 4 is 34.8 Å². The molecule has 3 aromatic rings. The molecule has 196 valence electrons. The van der Waals surface area contributed by atoms with Gasteiger partial charge in [-0.1, -0.05) is 18.2 Å². The number of amides is 1. The van der Waals surface area contributed by atoms with Gasteiger partial charge in [0.2, 0.25) is 0 Å². The predicted molar refractivity (Wildman–Crippen MR) is 146 cm³/mol. The lowest BCUT2D eigenvalue weighted by Crippen LogP contribution is -2.29. The SMILES string of the molecule is CCOc1ccc(/C(O)=C2\C(=O)C(=O)N(c3cccc(C(=O)OC)c3)C2c2ccc(N(C)C)cc2)cc1C. The Morgan fingerprint density at radius 2 is 1.71 bits per heavy atom. The van der Waals surface area contributed by atoms with Crippen LogP contribution < -0.4 is 14.5 Å². The van der Waals surface area contributed by atoms with Gasteiger partial charge in [-0.05, 0) is 73.5 Å². The molecule has 0 saturated carbocycles. The van der Waals surface area contributed by atoms with Gasteiger partial charge in [-0.25, -0.2) is 4.79 Å². The number of aryl methyl sites for hydroxylation is 1. The molecule has 1 atom stereocenters. The molecule has 4 rings (SSSR count). The molecule has 0 spiro atoms. The Balaban J connectivity index is 1.91. The molecule has 1 heterocycles. The van der Waals surface area contributed by atoms with Gasteiger partial charge in [0.15, 0.2) is 0 Å². The first-order chi connectivity index (χ1) is 18.2. The highest BCUT2D eigenvalue weighted by Crippen LogP contribution is 2.43. The number of hydrogen-bond donors (Lipinski definition) is 1. The molecule has 1 fully saturated rings. The van der Waals surface area contributed by atoms with E-state index in [2.05, 4.69) is 0 Å². The minimum Gasteiger partial charge on any atom is -0.507 e. The van der Waals surface area contributed by atoms with Crippen LogP contribution in [0.5, 0.6) is 5.75 Å². The Bertz CT molecular complexity index is 1420. The van der Waals surface area contributed by atoms with Crippen molar-refractivity contribution in [2.24, 2.45) is 0 Å². The third-order valence-corrected chi connectivity index (χ3v) is 6.46. The summed E-state index contributed by atoms with van der Waals surface area (Å²) in [5, 5.41) is 11.4. The molecule has 1 aliphatic heterocycles. The number of anilines is 2. The summed E-state index contributed by atoms with van der Waals surface area (Å²) in [7, 11) is 5.09. The molecule has 1 amide bonds. The summed E-state index contributed by atoms with van der Waals surface area (Å²) in [6.45, 7) is 4.21. The van der Waals surface area contributed by atoms with E-state index in [-0.39, 0.29) is 16.9 Å². The number of Topliss-reactive ketones (excluding diaryl/α,β-unsaturated/α-hetero) is 1. The topological polar surface area (TPSA) is 96.4 Å². The number of ether oxygens (including phenoxy) is 2. The highest BCUT2D eigenvalue weighted by Gasteiger charge is 2.47. The second kappa shape index (κ2) is 10.8. The molecule has 8 heteroatoms. The van der Waals surface area contributed by atoms with Gasteiger partial charge in [-0.2, -0.15) is 0 Å². The average molecular weight is 515 g/mol. The van der Waals surface area contributed by atoms with Crippen molar-refractivity contribution in [1.82, 2.24) is 0 Å². The van der Waals surface area contributed by atoms with E-state index in [0.29, 0.717) is 29.2 Å². The van der Waals surface area contributed by atoms with Crippen LogP contribution in [0.2, 0.25) is 0 Å². The fraction of sp³-hybridized carbons (Fsp3) is 0.233. The standard InChI is InChI=1S/C30H30N2O6/c1-6-38-24-15-12-20(16-18(24)2)27(33)25-26(19-10-13-22(14-11-19)31(3)4)32(29(35)28(25)34)23-9-7-8-21(17-23)30(36)37-5/h7-17,26,33H,6H2,1-5H3/b27-25+. The Morgan fingerprint density at radius 3 is 2.32 bits per heavy atom. The van der Waals surface area contributed by atoms with Gasteiger partial charge in [0, 0.05) is 31.0 Å². The Morgan fingerprint density at radius 1 is 1.00 bits per heavy atom. The van der Waals surface area contributed by atoms with Gasteiger partial charge in [0.05, 0.1) is 30.9 Å².